The van der Waals surface area contributed by atoms with Gasteiger partial charge in [-0.05, 0) is 62.8 Å². The molecule has 0 bridgehead atoms. The first-order chi connectivity index (χ1) is 15.3. The molecule has 2 N–H and O–H groups in total. The van der Waals surface area contributed by atoms with Crippen LogP contribution in [0.5, 0.6) is 0 Å². The van der Waals surface area contributed by atoms with Crippen molar-refractivity contribution in [2.45, 2.75) is 51.4 Å². The van der Waals surface area contributed by atoms with Crippen molar-refractivity contribution in [3.63, 3.8) is 0 Å². The van der Waals surface area contributed by atoms with Crippen LogP contribution in [0, 0.1) is 13.8 Å². The van der Waals surface area contributed by atoms with Gasteiger partial charge in [-0.1, -0.05) is 0 Å². The summed E-state index contributed by atoms with van der Waals surface area (Å²) >= 11 is 0. The van der Waals surface area contributed by atoms with Gasteiger partial charge >= 0.3 is 0 Å². The fraction of sp³-hybridized carbons (Fsp3) is 0.417. The number of carbonyl (C=O) groups is 2. The molecule has 2 aliphatic rings. The van der Waals surface area contributed by atoms with Crippen LogP contribution in [-0.2, 0) is 14.1 Å². The smallest absolute Gasteiger partial charge is 0.259 e. The van der Waals surface area contributed by atoms with E-state index in [0.29, 0.717) is 23.0 Å². The number of hydrogen-bond acceptors (Lipinski definition) is 4. The number of amides is 2. The molecule has 5 rings (SSSR count). The number of aromatic nitrogens is 4. The highest BCUT2D eigenvalue weighted by atomic mass is 16.2. The molecule has 0 saturated heterocycles. The molecule has 2 fully saturated rings. The number of nitrogens with one attached hydrogen (secondary N) is 2. The lowest BCUT2D eigenvalue weighted by molar-refractivity contribution is 0.101. The minimum Gasteiger partial charge on any atom is -0.322 e. The van der Waals surface area contributed by atoms with Gasteiger partial charge in [-0.15, -0.1) is 0 Å². The number of nitrogens with zero attached hydrogens (tertiary/aromatic N) is 4. The molecule has 8 nitrogen and oxygen atoms in total. The fourth-order valence-electron chi connectivity index (χ4n) is 4.15. The van der Waals surface area contributed by atoms with Crippen LogP contribution < -0.4 is 10.6 Å². The highest BCUT2D eigenvalue weighted by Crippen LogP contribution is 2.41. The Kier molecular flexibility index (Phi) is 4.87. The van der Waals surface area contributed by atoms with Crippen molar-refractivity contribution in [1.82, 2.24) is 19.6 Å². The van der Waals surface area contributed by atoms with Crippen molar-refractivity contribution < 1.29 is 9.59 Å². The molecular weight excluding hydrogens is 404 g/mol. The number of rotatable bonds is 6. The largest absolute Gasteiger partial charge is 0.322 e. The minimum atomic E-state index is -0.149. The highest BCUT2D eigenvalue weighted by molar-refractivity contribution is 6.07. The number of carbonyl (C=O) groups excluding carboxylic acids is 2. The van der Waals surface area contributed by atoms with E-state index in [4.69, 9.17) is 0 Å². The summed E-state index contributed by atoms with van der Waals surface area (Å²) in [7, 11) is 3.68. The molecular formula is C24H28N6O2. The van der Waals surface area contributed by atoms with Crippen molar-refractivity contribution in [2.24, 2.45) is 14.1 Å². The molecule has 8 heteroatoms. The van der Waals surface area contributed by atoms with Crippen LogP contribution in [0.1, 0.15) is 80.7 Å². The second kappa shape index (κ2) is 7.62. The van der Waals surface area contributed by atoms with Crippen molar-refractivity contribution in [3.8, 4) is 0 Å². The van der Waals surface area contributed by atoms with Gasteiger partial charge in [-0.25, -0.2) is 0 Å². The Balaban J connectivity index is 1.34. The zero-order valence-corrected chi connectivity index (χ0v) is 18.9. The van der Waals surface area contributed by atoms with Gasteiger partial charge < -0.3 is 10.6 Å². The number of hydrogen-bond donors (Lipinski definition) is 2. The Bertz CT molecular complexity index is 1130. The van der Waals surface area contributed by atoms with E-state index in [9.17, 15) is 9.59 Å². The van der Waals surface area contributed by atoms with E-state index in [1.807, 2.05) is 40.1 Å². The Labute approximate surface area is 187 Å². The molecule has 2 aliphatic carbocycles. The second-order valence-corrected chi connectivity index (χ2v) is 9.07. The average molecular weight is 433 g/mol. The van der Waals surface area contributed by atoms with Crippen molar-refractivity contribution in [3.05, 3.63) is 58.2 Å². The Morgan fingerprint density at radius 2 is 1.16 bits per heavy atom. The summed E-state index contributed by atoms with van der Waals surface area (Å²) in [5, 5.41) is 15.0. The number of benzene rings is 1. The zero-order valence-electron chi connectivity index (χ0n) is 18.9. The van der Waals surface area contributed by atoms with Crippen LogP contribution in [0.2, 0.25) is 0 Å². The molecule has 2 heterocycles. The Morgan fingerprint density at radius 1 is 0.781 bits per heavy atom. The van der Waals surface area contributed by atoms with Gasteiger partial charge in [-0.3, -0.25) is 19.0 Å². The molecule has 1 aromatic carbocycles. The van der Waals surface area contributed by atoms with Crippen LogP contribution in [0.15, 0.2) is 24.5 Å². The van der Waals surface area contributed by atoms with Gasteiger partial charge in [-0.2, -0.15) is 10.2 Å². The maximum atomic E-state index is 13.0. The highest BCUT2D eigenvalue weighted by Gasteiger charge is 2.32. The topological polar surface area (TPSA) is 93.8 Å². The van der Waals surface area contributed by atoms with Crippen molar-refractivity contribution in [1.29, 1.82) is 0 Å². The summed E-state index contributed by atoms with van der Waals surface area (Å²) in [5.41, 5.74) is 6.33. The first kappa shape index (κ1) is 20.5. The maximum absolute atomic E-state index is 13.0. The molecule has 2 aromatic heterocycles. The van der Waals surface area contributed by atoms with Crippen LogP contribution in [0.3, 0.4) is 0 Å². The number of anilines is 2. The molecule has 0 atom stereocenters. The van der Waals surface area contributed by atoms with E-state index >= 15 is 0 Å². The quantitative estimate of drug-likeness (QED) is 0.615. The predicted octanol–water partition coefficient (Wildman–Crippen LogP) is 4.03. The van der Waals surface area contributed by atoms with Gasteiger partial charge in [0.05, 0.1) is 22.5 Å². The first-order valence-corrected chi connectivity index (χ1v) is 11.1. The molecule has 2 amide bonds. The summed E-state index contributed by atoms with van der Waals surface area (Å²) in [6.07, 6.45) is 7.91. The Morgan fingerprint density at radius 3 is 1.50 bits per heavy atom. The van der Waals surface area contributed by atoms with E-state index in [2.05, 4.69) is 20.8 Å². The second-order valence-electron chi connectivity index (χ2n) is 9.07. The SMILES string of the molecule is Cc1c(NC(=O)c2cn(C)nc2C2CC2)ccc(NC(=O)c2cn(C)nc2C2CC2)c1C. The molecule has 166 valence electrons. The minimum absolute atomic E-state index is 0.149. The normalized spacial score (nSPS) is 15.6. The molecule has 2 saturated carbocycles. The van der Waals surface area contributed by atoms with E-state index in [1.165, 1.54) is 0 Å². The maximum Gasteiger partial charge on any atom is 0.259 e. The summed E-state index contributed by atoms with van der Waals surface area (Å²) in [5.74, 6) is 0.489. The van der Waals surface area contributed by atoms with Crippen LogP contribution >= 0.6 is 0 Å². The molecule has 0 aliphatic heterocycles. The summed E-state index contributed by atoms with van der Waals surface area (Å²) in [6, 6.07) is 3.68. The third kappa shape index (κ3) is 3.81. The third-order valence-electron chi connectivity index (χ3n) is 6.42. The standard InChI is InChI=1S/C24H28N6O2/c1-13-14(2)20(26-24(32)18-12-30(4)28-22(18)16-7-8-16)10-9-19(13)25-23(31)17-11-29(3)27-21(17)15-5-6-15/h9-12,15-16H,5-8H2,1-4H3,(H,25,31)(H,26,32). The van der Waals surface area contributed by atoms with Crippen molar-refractivity contribution in [2.75, 3.05) is 10.6 Å². The Hall–Kier alpha value is -3.42. The van der Waals surface area contributed by atoms with E-state index in [-0.39, 0.29) is 11.8 Å². The zero-order chi connectivity index (χ0) is 22.6. The predicted molar refractivity (Wildman–Crippen MR) is 122 cm³/mol. The van der Waals surface area contributed by atoms with Crippen LogP contribution in [0.25, 0.3) is 0 Å². The lowest BCUT2D eigenvalue weighted by atomic mass is 10.0. The third-order valence-corrected chi connectivity index (χ3v) is 6.42. The van der Waals surface area contributed by atoms with Crippen molar-refractivity contribution >= 4 is 23.2 Å². The van der Waals surface area contributed by atoms with Gasteiger partial charge in [0.1, 0.15) is 0 Å². The average Bonchev–Trinajstić information content (AvgIpc) is 3.69. The van der Waals surface area contributed by atoms with Gasteiger partial charge in [0, 0.05) is 49.7 Å². The molecule has 0 unspecified atom stereocenters. The van der Waals surface area contributed by atoms with Crippen LogP contribution in [0.4, 0.5) is 11.4 Å². The van der Waals surface area contributed by atoms with E-state index < -0.39 is 0 Å². The summed E-state index contributed by atoms with van der Waals surface area (Å²) in [6.45, 7) is 3.90. The summed E-state index contributed by atoms with van der Waals surface area (Å²) in [4.78, 5) is 25.9. The lowest BCUT2D eigenvalue weighted by Crippen LogP contribution is -2.16. The van der Waals surface area contributed by atoms with E-state index in [0.717, 1.165) is 59.6 Å². The molecule has 0 radical (unpaired) electrons. The first-order valence-electron chi connectivity index (χ1n) is 11.1. The lowest BCUT2D eigenvalue weighted by Gasteiger charge is -2.15. The monoisotopic (exact) mass is 432 g/mol. The molecule has 0 spiro atoms. The fourth-order valence-corrected chi connectivity index (χ4v) is 4.15. The summed E-state index contributed by atoms with van der Waals surface area (Å²) < 4.78 is 3.40. The molecule has 32 heavy (non-hydrogen) atoms. The van der Waals surface area contributed by atoms with Gasteiger partial charge in [0.15, 0.2) is 0 Å². The van der Waals surface area contributed by atoms with Crippen LogP contribution in [-0.4, -0.2) is 31.4 Å². The van der Waals surface area contributed by atoms with Gasteiger partial charge in [0.2, 0.25) is 0 Å². The number of aryl methyl sites for hydroxylation is 2. The molecule has 3 aromatic rings. The van der Waals surface area contributed by atoms with Gasteiger partial charge in [0.25, 0.3) is 11.8 Å². The van der Waals surface area contributed by atoms with E-state index in [1.54, 1.807) is 21.8 Å².